The number of hydrogen-bond acceptors (Lipinski definition) is 4. The molecule has 0 saturated carbocycles. The van der Waals surface area contributed by atoms with Crippen LogP contribution in [0.1, 0.15) is 25.3 Å². The number of halogens is 1. The van der Waals surface area contributed by atoms with Crippen LogP contribution in [0.25, 0.3) is 0 Å². The molecule has 26 heavy (non-hydrogen) atoms. The van der Waals surface area contributed by atoms with E-state index in [1.165, 1.54) is 5.56 Å². The van der Waals surface area contributed by atoms with Gasteiger partial charge in [0.2, 0.25) is 0 Å². The van der Waals surface area contributed by atoms with Crippen molar-refractivity contribution >= 4 is 29.9 Å². The van der Waals surface area contributed by atoms with Crippen molar-refractivity contribution in [1.29, 1.82) is 0 Å². The first-order valence-electron chi connectivity index (χ1n) is 9.05. The van der Waals surface area contributed by atoms with E-state index >= 15 is 0 Å². The van der Waals surface area contributed by atoms with Crippen molar-refractivity contribution in [2.24, 2.45) is 4.99 Å². The fourth-order valence-corrected chi connectivity index (χ4v) is 2.74. The summed E-state index contributed by atoms with van der Waals surface area (Å²) in [6.07, 6.45) is 1.76. The summed E-state index contributed by atoms with van der Waals surface area (Å²) in [4.78, 5) is 4.69. The van der Waals surface area contributed by atoms with E-state index in [0.29, 0.717) is 26.3 Å². The summed E-state index contributed by atoms with van der Waals surface area (Å²) >= 11 is 0. The Morgan fingerprint density at radius 3 is 2.58 bits per heavy atom. The number of hydrogen-bond donors (Lipinski definition) is 2. The first-order chi connectivity index (χ1) is 12.3. The van der Waals surface area contributed by atoms with Crippen LogP contribution < -0.4 is 10.6 Å². The maximum Gasteiger partial charge on any atom is 0.191 e. The number of rotatable bonds is 9. The van der Waals surface area contributed by atoms with E-state index in [4.69, 9.17) is 19.2 Å². The SMILES string of the molecule is CCNC(=NCC1(OC)CCOCC1)NCCOCc1ccccc1.I. The molecule has 1 aliphatic rings. The summed E-state index contributed by atoms with van der Waals surface area (Å²) in [6, 6.07) is 10.2. The summed E-state index contributed by atoms with van der Waals surface area (Å²) in [5.74, 6) is 0.800. The van der Waals surface area contributed by atoms with Gasteiger partial charge >= 0.3 is 0 Å². The van der Waals surface area contributed by atoms with Crippen molar-refractivity contribution in [3.8, 4) is 0 Å². The van der Waals surface area contributed by atoms with Crippen molar-refractivity contribution < 1.29 is 14.2 Å². The molecule has 148 valence electrons. The quantitative estimate of drug-likeness (QED) is 0.248. The van der Waals surface area contributed by atoms with Crippen molar-refractivity contribution in [2.75, 3.05) is 46.6 Å². The molecule has 0 amide bonds. The Balaban J connectivity index is 0.00000338. The zero-order valence-corrected chi connectivity index (χ0v) is 18.2. The lowest BCUT2D eigenvalue weighted by atomic mass is 9.94. The second-order valence-electron chi connectivity index (χ2n) is 6.16. The van der Waals surface area contributed by atoms with Gasteiger partial charge < -0.3 is 24.8 Å². The molecule has 2 N–H and O–H groups in total. The topological polar surface area (TPSA) is 64.1 Å². The molecule has 1 aliphatic heterocycles. The molecule has 1 heterocycles. The molecule has 0 bridgehead atoms. The van der Waals surface area contributed by atoms with Gasteiger partial charge in [0.1, 0.15) is 0 Å². The average molecular weight is 477 g/mol. The van der Waals surface area contributed by atoms with Crippen LogP contribution >= 0.6 is 24.0 Å². The van der Waals surface area contributed by atoms with Gasteiger partial charge in [0, 0.05) is 46.3 Å². The fourth-order valence-electron chi connectivity index (χ4n) is 2.74. The van der Waals surface area contributed by atoms with E-state index in [0.717, 1.165) is 38.6 Å². The van der Waals surface area contributed by atoms with Gasteiger partial charge in [-0.15, -0.1) is 24.0 Å². The second-order valence-corrected chi connectivity index (χ2v) is 6.16. The average Bonchev–Trinajstić information content (AvgIpc) is 2.67. The molecule has 7 heteroatoms. The Hall–Kier alpha value is -0.900. The molecule has 1 aromatic rings. The van der Waals surface area contributed by atoms with E-state index in [-0.39, 0.29) is 29.6 Å². The van der Waals surface area contributed by atoms with Gasteiger partial charge in [-0.2, -0.15) is 0 Å². The predicted molar refractivity (Wildman–Crippen MR) is 115 cm³/mol. The van der Waals surface area contributed by atoms with Gasteiger partial charge in [-0.25, -0.2) is 0 Å². The fraction of sp³-hybridized carbons (Fsp3) is 0.632. The van der Waals surface area contributed by atoms with Crippen LogP contribution in [0.3, 0.4) is 0 Å². The van der Waals surface area contributed by atoms with Gasteiger partial charge in [0.05, 0.1) is 25.4 Å². The maximum atomic E-state index is 5.73. The minimum atomic E-state index is -0.204. The summed E-state index contributed by atoms with van der Waals surface area (Å²) in [5.41, 5.74) is 0.981. The Morgan fingerprint density at radius 2 is 1.92 bits per heavy atom. The Kier molecular flexibility index (Phi) is 11.8. The molecular formula is C19H32IN3O3. The maximum absolute atomic E-state index is 5.73. The Bertz CT molecular complexity index is 508. The smallest absolute Gasteiger partial charge is 0.191 e. The third kappa shape index (κ3) is 8.20. The number of benzene rings is 1. The predicted octanol–water partition coefficient (Wildman–Crippen LogP) is 2.57. The van der Waals surface area contributed by atoms with E-state index in [1.54, 1.807) is 7.11 Å². The lowest BCUT2D eigenvalue weighted by Crippen LogP contribution is -2.44. The molecule has 6 nitrogen and oxygen atoms in total. The van der Waals surface area contributed by atoms with Crippen LogP contribution in [0.5, 0.6) is 0 Å². The molecule has 1 fully saturated rings. The van der Waals surface area contributed by atoms with Crippen molar-refractivity contribution in [3.63, 3.8) is 0 Å². The first-order valence-corrected chi connectivity index (χ1v) is 9.05. The number of methoxy groups -OCH3 is 1. The van der Waals surface area contributed by atoms with Crippen LogP contribution in [-0.4, -0.2) is 58.1 Å². The zero-order valence-electron chi connectivity index (χ0n) is 15.8. The van der Waals surface area contributed by atoms with Gasteiger partial charge in [0.25, 0.3) is 0 Å². The third-order valence-corrected chi connectivity index (χ3v) is 4.36. The molecule has 2 rings (SSSR count). The summed E-state index contributed by atoms with van der Waals surface area (Å²) in [6.45, 7) is 6.95. The number of aliphatic imine (C=N–C) groups is 1. The lowest BCUT2D eigenvalue weighted by molar-refractivity contribution is -0.0828. The highest BCUT2D eigenvalue weighted by molar-refractivity contribution is 14.0. The van der Waals surface area contributed by atoms with Crippen molar-refractivity contribution in [1.82, 2.24) is 10.6 Å². The molecular weight excluding hydrogens is 445 g/mol. The van der Waals surface area contributed by atoms with Gasteiger partial charge in [-0.1, -0.05) is 30.3 Å². The summed E-state index contributed by atoms with van der Waals surface area (Å²) < 4.78 is 16.9. The molecule has 0 unspecified atom stereocenters. The van der Waals surface area contributed by atoms with E-state index in [9.17, 15) is 0 Å². The van der Waals surface area contributed by atoms with Crippen LogP contribution in [-0.2, 0) is 20.8 Å². The van der Waals surface area contributed by atoms with Crippen molar-refractivity contribution in [3.05, 3.63) is 35.9 Å². The van der Waals surface area contributed by atoms with Crippen LogP contribution in [0, 0.1) is 0 Å². The number of nitrogens with one attached hydrogen (secondary N) is 2. The summed E-state index contributed by atoms with van der Waals surface area (Å²) in [7, 11) is 1.76. The van der Waals surface area contributed by atoms with E-state index in [1.807, 2.05) is 18.2 Å². The molecule has 0 aromatic heterocycles. The van der Waals surface area contributed by atoms with Crippen LogP contribution in [0.2, 0.25) is 0 Å². The first kappa shape index (κ1) is 23.1. The van der Waals surface area contributed by atoms with E-state index in [2.05, 4.69) is 29.7 Å². The minimum Gasteiger partial charge on any atom is -0.381 e. The van der Waals surface area contributed by atoms with Gasteiger partial charge in [-0.05, 0) is 12.5 Å². The van der Waals surface area contributed by atoms with Gasteiger partial charge in [-0.3, -0.25) is 4.99 Å². The van der Waals surface area contributed by atoms with Crippen LogP contribution in [0.4, 0.5) is 0 Å². The summed E-state index contributed by atoms with van der Waals surface area (Å²) in [5, 5.41) is 6.58. The Morgan fingerprint density at radius 1 is 1.19 bits per heavy atom. The molecule has 0 atom stereocenters. The molecule has 1 aromatic carbocycles. The third-order valence-electron chi connectivity index (χ3n) is 4.36. The second kappa shape index (κ2) is 13.3. The number of guanidine groups is 1. The van der Waals surface area contributed by atoms with Crippen molar-refractivity contribution in [2.45, 2.75) is 32.0 Å². The number of ether oxygens (including phenoxy) is 3. The highest BCUT2D eigenvalue weighted by Crippen LogP contribution is 2.24. The molecule has 0 aliphatic carbocycles. The number of nitrogens with zero attached hydrogens (tertiary/aromatic N) is 1. The normalized spacial score (nSPS) is 16.6. The highest BCUT2D eigenvalue weighted by atomic mass is 127. The lowest BCUT2D eigenvalue weighted by Gasteiger charge is -2.34. The standard InChI is InChI=1S/C19H31N3O3.HI/c1-3-20-18(22-16-19(23-2)9-12-24-13-10-19)21-11-14-25-15-17-7-5-4-6-8-17;/h4-8H,3,9-16H2,1-2H3,(H2,20,21,22);1H. The Labute approximate surface area is 174 Å². The molecule has 0 radical (unpaired) electrons. The zero-order chi connectivity index (χ0) is 17.8. The molecule has 0 spiro atoms. The van der Waals surface area contributed by atoms with Gasteiger partial charge in [0.15, 0.2) is 5.96 Å². The minimum absolute atomic E-state index is 0. The largest absolute Gasteiger partial charge is 0.381 e. The van der Waals surface area contributed by atoms with Crippen LogP contribution in [0.15, 0.2) is 35.3 Å². The molecule has 1 saturated heterocycles. The monoisotopic (exact) mass is 477 g/mol. The van der Waals surface area contributed by atoms with E-state index < -0.39 is 0 Å². The highest BCUT2D eigenvalue weighted by Gasteiger charge is 2.32.